The summed E-state index contributed by atoms with van der Waals surface area (Å²) in [6.45, 7) is 0. The van der Waals surface area contributed by atoms with E-state index in [1.165, 1.54) is 23.8 Å². The molecule has 0 atom stereocenters. The van der Waals surface area contributed by atoms with Crippen LogP contribution >= 0.6 is 11.8 Å². The second-order valence-corrected chi connectivity index (χ2v) is 8.50. The Balaban J connectivity index is 1.69. The van der Waals surface area contributed by atoms with E-state index < -0.39 is 6.09 Å². The summed E-state index contributed by atoms with van der Waals surface area (Å²) in [5.74, 6) is 0.511. The van der Waals surface area contributed by atoms with Crippen LogP contribution in [0.15, 0.2) is 88.8 Å². The number of amidine groups is 1. The van der Waals surface area contributed by atoms with Gasteiger partial charge in [-0.05, 0) is 59.8 Å². The predicted octanol–water partition coefficient (Wildman–Crippen LogP) is 5.56. The zero-order valence-electron chi connectivity index (χ0n) is 19.0. The molecular weight excluding hydrogens is 450 g/mol. The summed E-state index contributed by atoms with van der Waals surface area (Å²) in [6, 6.07) is 24.1. The number of ether oxygens (including phenoxy) is 2. The molecule has 1 aliphatic heterocycles. The van der Waals surface area contributed by atoms with E-state index in [1.54, 1.807) is 43.3 Å². The van der Waals surface area contributed by atoms with Crippen molar-refractivity contribution in [3.05, 3.63) is 89.3 Å². The van der Waals surface area contributed by atoms with Crippen molar-refractivity contribution in [2.45, 2.75) is 0 Å². The first kappa shape index (κ1) is 23.1. The summed E-state index contributed by atoms with van der Waals surface area (Å²) in [7, 11) is 4.70. The predicted molar refractivity (Wildman–Crippen MR) is 136 cm³/mol. The standard InChI is InChI=1S/C26H23N3O4S/c1-28(2)26(31)33-21-15-14-18(16-22(21)32-3)17-23-24(30)29(20-12-8-5-9-13-20)25(34-23)27-19-10-6-4-7-11-19/h4-17H,1-3H3. The van der Waals surface area contributed by atoms with Crippen LogP contribution in [0.5, 0.6) is 11.5 Å². The van der Waals surface area contributed by atoms with Gasteiger partial charge in [0.15, 0.2) is 16.7 Å². The normalized spacial score (nSPS) is 15.6. The number of thioether (sulfide) groups is 1. The average Bonchev–Trinajstić information content (AvgIpc) is 3.15. The Morgan fingerprint density at radius 3 is 2.29 bits per heavy atom. The molecular formula is C26H23N3O4S. The molecule has 0 bridgehead atoms. The number of aliphatic imine (C=N–C) groups is 1. The summed E-state index contributed by atoms with van der Waals surface area (Å²) in [5.41, 5.74) is 2.22. The maximum atomic E-state index is 13.4. The highest BCUT2D eigenvalue weighted by Crippen LogP contribution is 2.38. The molecule has 0 saturated carbocycles. The van der Waals surface area contributed by atoms with Gasteiger partial charge in [-0.2, -0.15) is 0 Å². The van der Waals surface area contributed by atoms with Crippen molar-refractivity contribution in [2.24, 2.45) is 4.99 Å². The molecule has 0 N–H and O–H groups in total. The Morgan fingerprint density at radius 2 is 1.65 bits per heavy atom. The Kier molecular flexibility index (Phi) is 6.98. The minimum atomic E-state index is -0.508. The monoisotopic (exact) mass is 473 g/mol. The van der Waals surface area contributed by atoms with Crippen molar-refractivity contribution in [2.75, 3.05) is 26.1 Å². The topological polar surface area (TPSA) is 71.4 Å². The molecule has 0 unspecified atom stereocenters. The van der Waals surface area contributed by atoms with Crippen LogP contribution in [0.2, 0.25) is 0 Å². The molecule has 4 rings (SSSR count). The summed E-state index contributed by atoms with van der Waals surface area (Å²) < 4.78 is 10.7. The fraction of sp³-hybridized carbons (Fsp3) is 0.115. The van der Waals surface area contributed by atoms with E-state index in [-0.39, 0.29) is 5.91 Å². The van der Waals surface area contributed by atoms with Crippen molar-refractivity contribution in [3.8, 4) is 11.5 Å². The van der Waals surface area contributed by atoms with E-state index >= 15 is 0 Å². The smallest absolute Gasteiger partial charge is 0.414 e. The second kappa shape index (κ2) is 10.3. The molecule has 34 heavy (non-hydrogen) atoms. The molecule has 0 aromatic heterocycles. The van der Waals surface area contributed by atoms with E-state index in [2.05, 4.69) is 0 Å². The minimum absolute atomic E-state index is 0.173. The molecule has 172 valence electrons. The molecule has 1 fully saturated rings. The minimum Gasteiger partial charge on any atom is -0.493 e. The summed E-state index contributed by atoms with van der Waals surface area (Å²) in [5, 5.41) is 0.567. The van der Waals surface area contributed by atoms with Crippen LogP contribution < -0.4 is 14.4 Å². The number of hydrogen-bond acceptors (Lipinski definition) is 6. The summed E-state index contributed by atoms with van der Waals surface area (Å²) >= 11 is 1.30. The van der Waals surface area contributed by atoms with Crippen molar-refractivity contribution >= 4 is 46.4 Å². The van der Waals surface area contributed by atoms with Gasteiger partial charge in [0, 0.05) is 14.1 Å². The Bertz CT molecular complexity index is 1260. The quantitative estimate of drug-likeness (QED) is 0.454. The number of benzene rings is 3. The number of carbonyl (C=O) groups excluding carboxylic acids is 2. The highest BCUT2D eigenvalue weighted by molar-refractivity contribution is 8.19. The number of rotatable bonds is 5. The third kappa shape index (κ3) is 5.13. The van der Waals surface area contributed by atoms with Crippen LogP contribution in [-0.4, -0.2) is 43.3 Å². The lowest BCUT2D eigenvalue weighted by molar-refractivity contribution is -0.113. The van der Waals surface area contributed by atoms with Crippen molar-refractivity contribution in [1.82, 2.24) is 4.90 Å². The van der Waals surface area contributed by atoms with E-state index in [1.807, 2.05) is 60.7 Å². The van der Waals surface area contributed by atoms with Crippen LogP contribution in [0.25, 0.3) is 6.08 Å². The lowest BCUT2D eigenvalue weighted by atomic mass is 10.2. The molecule has 0 spiro atoms. The fourth-order valence-corrected chi connectivity index (χ4v) is 4.16. The van der Waals surface area contributed by atoms with Gasteiger partial charge in [-0.1, -0.05) is 42.5 Å². The Hall–Kier alpha value is -4.04. The number of amides is 2. The molecule has 3 aromatic rings. The number of hydrogen-bond donors (Lipinski definition) is 0. The first-order valence-corrected chi connectivity index (χ1v) is 11.3. The van der Waals surface area contributed by atoms with E-state index in [0.717, 1.165) is 16.9 Å². The summed E-state index contributed by atoms with van der Waals surface area (Å²) in [6.07, 6.45) is 1.27. The molecule has 8 heteroatoms. The van der Waals surface area contributed by atoms with Crippen molar-refractivity contribution < 1.29 is 19.1 Å². The maximum Gasteiger partial charge on any atom is 0.414 e. The van der Waals surface area contributed by atoms with Crippen molar-refractivity contribution in [3.63, 3.8) is 0 Å². The van der Waals surface area contributed by atoms with E-state index in [9.17, 15) is 9.59 Å². The molecule has 7 nitrogen and oxygen atoms in total. The largest absolute Gasteiger partial charge is 0.493 e. The van der Waals surface area contributed by atoms with E-state index in [0.29, 0.717) is 21.6 Å². The van der Waals surface area contributed by atoms with Gasteiger partial charge in [-0.25, -0.2) is 9.79 Å². The zero-order valence-corrected chi connectivity index (χ0v) is 19.8. The third-order valence-corrected chi connectivity index (χ3v) is 5.82. The fourth-order valence-electron chi connectivity index (χ4n) is 3.16. The molecule has 2 amide bonds. The average molecular weight is 474 g/mol. The van der Waals surface area contributed by atoms with Gasteiger partial charge in [-0.3, -0.25) is 9.69 Å². The molecule has 1 aliphatic rings. The Morgan fingerprint density at radius 1 is 0.971 bits per heavy atom. The van der Waals surface area contributed by atoms with Gasteiger partial charge in [-0.15, -0.1) is 0 Å². The van der Waals surface area contributed by atoms with Crippen LogP contribution in [0.4, 0.5) is 16.2 Å². The lowest BCUT2D eigenvalue weighted by Crippen LogP contribution is -2.28. The Labute approximate surface area is 202 Å². The molecule has 0 radical (unpaired) electrons. The van der Waals surface area contributed by atoms with Gasteiger partial charge in [0.1, 0.15) is 0 Å². The molecule has 3 aromatic carbocycles. The van der Waals surface area contributed by atoms with Gasteiger partial charge in [0.25, 0.3) is 5.91 Å². The molecule has 0 aliphatic carbocycles. The van der Waals surface area contributed by atoms with Gasteiger partial charge >= 0.3 is 6.09 Å². The number of nitrogens with zero attached hydrogens (tertiary/aromatic N) is 3. The number of methoxy groups -OCH3 is 1. The highest BCUT2D eigenvalue weighted by Gasteiger charge is 2.34. The molecule has 1 heterocycles. The van der Waals surface area contributed by atoms with Crippen LogP contribution in [-0.2, 0) is 4.79 Å². The molecule has 1 saturated heterocycles. The van der Waals surface area contributed by atoms with Crippen molar-refractivity contribution in [1.29, 1.82) is 0 Å². The van der Waals surface area contributed by atoms with E-state index in [4.69, 9.17) is 14.5 Å². The maximum absolute atomic E-state index is 13.4. The number of carbonyl (C=O) groups is 2. The van der Waals surface area contributed by atoms with Gasteiger partial charge in [0.05, 0.1) is 23.4 Å². The van der Waals surface area contributed by atoms with Crippen LogP contribution in [0.1, 0.15) is 5.56 Å². The van der Waals surface area contributed by atoms with Gasteiger partial charge in [0.2, 0.25) is 0 Å². The number of anilines is 1. The van der Waals surface area contributed by atoms with Crippen LogP contribution in [0, 0.1) is 0 Å². The number of para-hydroxylation sites is 2. The van der Waals surface area contributed by atoms with Crippen LogP contribution in [0.3, 0.4) is 0 Å². The first-order valence-electron chi connectivity index (χ1n) is 10.5. The highest BCUT2D eigenvalue weighted by atomic mass is 32.2. The van der Waals surface area contributed by atoms with Gasteiger partial charge < -0.3 is 14.4 Å². The zero-order chi connectivity index (χ0) is 24.1. The lowest BCUT2D eigenvalue weighted by Gasteiger charge is -2.15. The third-order valence-electron chi connectivity index (χ3n) is 4.85. The second-order valence-electron chi connectivity index (χ2n) is 7.49. The summed E-state index contributed by atoms with van der Waals surface area (Å²) in [4.78, 5) is 33.5. The first-order chi connectivity index (χ1) is 16.5. The SMILES string of the molecule is COc1cc(C=C2SC(=Nc3ccccc3)N(c3ccccc3)C2=O)ccc1OC(=O)N(C)C.